The maximum atomic E-state index is 10.7. The molecule has 2 rings (SSSR count). The first kappa shape index (κ1) is 46.6. The van der Waals surface area contributed by atoms with Crippen LogP contribution in [0.1, 0.15) is 51.4 Å². The van der Waals surface area contributed by atoms with Crippen molar-refractivity contribution < 1.29 is 97.9 Å². The Hall–Kier alpha value is -1.32. The summed E-state index contributed by atoms with van der Waals surface area (Å²) in [6.07, 6.45) is 28.0. The van der Waals surface area contributed by atoms with Crippen LogP contribution in [0, 0.1) is 0 Å². The molecule has 0 amide bonds. The van der Waals surface area contributed by atoms with Crippen molar-refractivity contribution >= 4 is 30.4 Å². The van der Waals surface area contributed by atoms with Crippen LogP contribution < -0.4 is 0 Å². The number of alkyl halides is 9. The monoisotopic (exact) mass is 766 g/mol. The van der Waals surface area contributed by atoms with Crippen molar-refractivity contribution in [2.24, 2.45) is 0 Å². The fourth-order valence-electron chi connectivity index (χ4n) is 1.71. The second kappa shape index (κ2) is 21.4. The van der Waals surface area contributed by atoms with Gasteiger partial charge in [0.15, 0.2) is 30.4 Å². The van der Waals surface area contributed by atoms with E-state index in [-0.39, 0.29) is 19.5 Å². The normalized spacial score (nSPS) is 16.0. The molecule has 0 N–H and O–H groups in total. The zero-order valence-electron chi connectivity index (χ0n) is 20.4. The fourth-order valence-corrected chi connectivity index (χ4v) is 1.71. The Morgan fingerprint density at radius 3 is 0.488 bits per heavy atom. The molecule has 0 radical (unpaired) electrons. The molecule has 244 valence electrons. The van der Waals surface area contributed by atoms with Crippen LogP contribution in [-0.2, 0) is 49.8 Å². The van der Waals surface area contributed by atoms with E-state index < -0.39 is 46.9 Å². The molecule has 0 spiro atoms. The van der Waals surface area contributed by atoms with E-state index in [2.05, 4.69) is 48.6 Å². The molecular weight excluding hydrogens is 742 g/mol. The molecule has 0 atom stereocenters. The van der Waals surface area contributed by atoms with Gasteiger partial charge in [0.1, 0.15) is 0 Å². The van der Waals surface area contributed by atoms with Gasteiger partial charge in [0.25, 0.3) is 0 Å². The van der Waals surface area contributed by atoms with Crippen LogP contribution >= 0.6 is 0 Å². The van der Waals surface area contributed by atoms with E-state index >= 15 is 0 Å². The van der Waals surface area contributed by atoms with Gasteiger partial charge in [-0.1, -0.05) is 48.6 Å². The van der Waals surface area contributed by atoms with Gasteiger partial charge in [-0.05, 0) is 51.4 Å². The molecule has 41 heavy (non-hydrogen) atoms. The second-order valence-corrected chi connectivity index (χ2v) is 11.0. The Kier molecular flexibility index (Phi) is 24.3. The quantitative estimate of drug-likeness (QED) is 0.102. The Morgan fingerprint density at radius 2 is 0.439 bits per heavy atom. The van der Waals surface area contributed by atoms with Crippen molar-refractivity contribution in [3.05, 3.63) is 48.6 Å². The molecule has 9 nitrogen and oxygen atoms in total. The standard InChI is InChI=1S/2C8H12.3CHF3O3S.Rh/c2*1-2-4-6-8-7-5-3-1;3*2-1(3,4)8(5,6)7;/h2*1-2,7-8H,3-6H2;3*(H,5,6,7);/q;;;;;+3/p-3. The molecule has 2 aliphatic rings. The molecule has 22 heteroatoms. The van der Waals surface area contributed by atoms with Gasteiger partial charge in [0.2, 0.25) is 0 Å². The minimum absolute atomic E-state index is 0. The summed E-state index contributed by atoms with van der Waals surface area (Å²) >= 11 is 0. The van der Waals surface area contributed by atoms with Crippen molar-refractivity contribution in [2.75, 3.05) is 0 Å². The molecule has 0 aromatic heterocycles. The minimum Gasteiger partial charge on any atom is -0.741 e. The third-order valence-electron chi connectivity index (χ3n) is 3.52. The third-order valence-corrected chi connectivity index (χ3v) is 5.22. The average molecular weight is 766 g/mol. The minimum atomic E-state index is -6.09. The number of rotatable bonds is 0. The summed E-state index contributed by atoms with van der Waals surface area (Å²) in [7, 11) is -18.3. The van der Waals surface area contributed by atoms with Gasteiger partial charge in [-0.2, -0.15) is 39.5 Å². The van der Waals surface area contributed by atoms with Gasteiger partial charge in [-0.3, -0.25) is 0 Å². The van der Waals surface area contributed by atoms with Crippen molar-refractivity contribution in [1.29, 1.82) is 0 Å². The van der Waals surface area contributed by atoms with Gasteiger partial charge in [-0.25, -0.2) is 25.3 Å². The van der Waals surface area contributed by atoms with Crippen LogP contribution in [0.15, 0.2) is 48.6 Å². The van der Waals surface area contributed by atoms with Crippen LogP contribution in [0.4, 0.5) is 39.5 Å². The molecule has 0 fully saturated rings. The SMILES string of the molecule is C1=CCCC=CCC1.C1=CCCC=CCC1.O=S(=O)([O-])C(F)(F)F.O=S(=O)([O-])C(F)(F)F.O=S(=O)([O-])C(F)(F)F.[Rh+3]. The Balaban J connectivity index is -0.000000207. The van der Waals surface area contributed by atoms with Crippen LogP contribution in [0.2, 0.25) is 0 Å². The molecule has 2 aliphatic carbocycles. The van der Waals surface area contributed by atoms with Gasteiger partial charge in [0.05, 0.1) is 0 Å². The molecular formula is C19H24F9O9RhS3. The van der Waals surface area contributed by atoms with E-state index in [1.165, 1.54) is 51.4 Å². The van der Waals surface area contributed by atoms with E-state index in [0.717, 1.165) is 0 Å². The fraction of sp³-hybridized carbons (Fsp3) is 0.579. The number of allylic oxidation sites excluding steroid dienone is 8. The predicted molar refractivity (Wildman–Crippen MR) is 121 cm³/mol. The van der Waals surface area contributed by atoms with Gasteiger partial charge in [0, 0.05) is 0 Å². The first-order chi connectivity index (χ1) is 17.8. The first-order valence-electron chi connectivity index (χ1n) is 10.4. The number of halogens is 9. The average Bonchev–Trinajstić information content (AvgIpc) is 2.64. The predicted octanol–water partition coefficient (Wildman–Crippen LogP) is 5.50. The van der Waals surface area contributed by atoms with E-state index in [1.807, 2.05) is 0 Å². The number of hydrogen-bond acceptors (Lipinski definition) is 9. The zero-order valence-corrected chi connectivity index (χ0v) is 24.5. The Morgan fingerprint density at radius 1 is 0.366 bits per heavy atom. The van der Waals surface area contributed by atoms with Crippen molar-refractivity contribution in [1.82, 2.24) is 0 Å². The number of hydrogen-bond donors (Lipinski definition) is 0. The maximum absolute atomic E-state index is 10.7. The molecule has 0 bridgehead atoms. The summed E-state index contributed by atoms with van der Waals surface area (Å²) < 4.78 is 177. The topological polar surface area (TPSA) is 172 Å². The zero-order chi connectivity index (χ0) is 32.3. The third kappa shape index (κ3) is 30.0. The second-order valence-electron chi connectivity index (χ2n) is 6.89. The Labute approximate surface area is 244 Å². The summed E-state index contributed by atoms with van der Waals surface area (Å²) in [5, 5.41) is 0. The molecule has 0 aromatic carbocycles. The summed E-state index contributed by atoms with van der Waals surface area (Å²) in [4.78, 5) is 0. The largest absolute Gasteiger partial charge is 3.00 e. The summed E-state index contributed by atoms with van der Waals surface area (Å²) in [6, 6.07) is 0. The molecule has 0 unspecified atom stereocenters. The molecule has 0 saturated heterocycles. The first-order valence-corrected chi connectivity index (χ1v) is 14.6. The van der Waals surface area contributed by atoms with E-state index in [1.54, 1.807) is 0 Å². The van der Waals surface area contributed by atoms with Crippen molar-refractivity contribution in [2.45, 2.75) is 67.9 Å². The van der Waals surface area contributed by atoms with Crippen molar-refractivity contribution in [3.8, 4) is 0 Å². The van der Waals surface area contributed by atoms with Crippen LogP contribution in [0.3, 0.4) is 0 Å². The van der Waals surface area contributed by atoms with E-state index in [4.69, 9.17) is 38.9 Å². The molecule has 0 heterocycles. The summed E-state index contributed by atoms with van der Waals surface area (Å²) in [5.74, 6) is 0. The smallest absolute Gasteiger partial charge is 0.741 e. The molecule has 0 aromatic rings. The van der Waals surface area contributed by atoms with Gasteiger partial charge < -0.3 is 13.7 Å². The van der Waals surface area contributed by atoms with Crippen LogP contribution in [0.25, 0.3) is 0 Å². The maximum Gasteiger partial charge on any atom is 3.00 e. The van der Waals surface area contributed by atoms with Crippen LogP contribution in [0.5, 0.6) is 0 Å². The summed E-state index contributed by atoms with van der Waals surface area (Å²) in [5.41, 5.74) is -16.9. The van der Waals surface area contributed by atoms with Gasteiger partial charge in [-0.15, -0.1) is 0 Å². The van der Waals surface area contributed by atoms with Gasteiger partial charge >= 0.3 is 36.0 Å². The van der Waals surface area contributed by atoms with Crippen molar-refractivity contribution in [3.63, 3.8) is 0 Å². The van der Waals surface area contributed by atoms with E-state index in [9.17, 15) is 39.5 Å². The molecule has 0 saturated carbocycles. The van der Waals surface area contributed by atoms with E-state index in [0.29, 0.717) is 0 Å². The molecule has 0 aliphatic heterocycles. The summed E-state index contributed by atoms with van der Waals surface area (Å²) in [6.45, 7) is 0. The Bertz CT molecular complexity index is 959. The van der Waals surface area contributed by atoms with Crippen LogP contribution in [-0.4, -0.2) is 55.4 Å².